The van der Waals surface area contributed by atoms with Gasteiger partial charge in [-0.1, -0.05) is 23.7 Å². The Hall–Kier alpha value is -1.31. The smallest absolute Gasteiger partial charge is 0.428 e. The molecule has 0 fully saturated rings. The van der Waals surface area contributed by atoms with Crippen LogP contribution >= 0.6 is 11.6 Å². The first-order valence-corrected chi connectivity index (χ1v) is 5.47. The van der Waals surface area contributed by atoms with E-state index in [1.165, 1.54) is 24.3 Å². The number of rotatable bonds is 4. The molecule has 0 aliphatic heterocycles. The van der Waals surface area contributed by atoms with Gasteiger partial charge in [-0.25, -0.2) is 0 Å². The molecule has 0 heterocycles. The molecule has 0 bridgehead atoms. The second kappa shape index (κ2) is 5.77. The number of halogens is 4. The lowest BCUT2D eigenvalue weighted by molar-refractivity contribution is -0.252. The number of likely N-dealkylation sites (N-methyl/N-ethyl adjacent to an activating group) is 1. The third-order valence-electron chi connectivity index (χ3n) is 2.51. The molecule has 2 unspecified atom stereocenters. The average molecular weight is 298 g/mol. The van der Waals surface area contributed by atoms with Crippen molar-refractivity contribution in [2.45, 2.75) is 18.4 Å². The first-order chi connectivity index (χ1) is 8.64. The standard InChI is InChI=1S/C11H11ClF3NO3/c1-16(10(19)11(13,14)15)8(9(17)18)6-2-4-7(12)5-3-6/h2-5,8,10,19H,1H3,(H,17,18). The Morgan fingerprint density at radius 3 is 2.16 bits per heavy atom. The van der Waals surface area contributed by atoms with E-state index in [4.69, 9.17) is 21.8 Å². The van der Waals surface area contributed by atoms with E-state index in [1.807, 2.05) is 0 Å². The maximum Gasteiger partial charge on any atom is 0.428 e. The number of benzene rings is 1. The lowest BCUT2D eigenvalue weighted by atomic mass is 10.1. The van der Waals surface area contributed by atoms with E-state index in [0.29, 0.717) is 9.92 Å². The molecule has 0 saturated carbocycles. The maximum absolute atomic E-state index is 12.4. The number of hydrogen-bond acceptors (Lipinski definition) is 3. The van der Waals surface area contributed by atoms with Crippen LogP contribution in [0.1, 0.15) is 11.6 Å². The van der Waals surface area contributed by atoms with Gasteiger partial charge in [0.15, 0.2) is 0 Å². The van der Waals surface area contributed by atoms with Crippen LogP contribution in [0.5, 0.6) is 0 Å². The summed E-state index contributed by atoms with van der Waals surface area (Å²) in [6, 6.07) is 3.68. The summed E-state index contributed by atoms with van der Waals surface area (Å²) >= 11 is 5.62. The Morgan fingerprint density at radius 1 is 1.32 bits per heavy atom. The van der Waals surface area contributed by atoms with Crippen molar-refractivity contribution in [1.82, 2.24) is 4.90 Å². The summed E-state index contributed by atoms with van der Waals surface area (Å²) in [7, 11) is 0.881. The van der Waals surface area contributed by atoms with Crippen molar-refractivity contribution in [3.63, 3.8) is 0 Å². The van der Waals surface area contributed by atoms with E-state index in [1.54, 1.807) is 0 Å². The van der Waals surface area contributed by atoms with E-state index in [0.717, 1.165) is 7.05 Å². The van der Waals surface area contributed by atoms with Crippen LogP contribution in [0.2, 0.25) is 5.02 Å². The van der Waals surface area contributed by atoms with Gasteiger partial charge in [0.1, 0.15) is 6.04 Å². The number of alkyl halides is 3. The second-order valence-electron chi connectivity index (χ2n) is 3.87. The summed E-state index contributed by atoms with van der Waals surface area (Å²) in [6.07, 6.45) is -7.81. The van der Waals surface area contributed by atoms with Crippen molar-refractivity contribution >= 4 is 17.6 Å². The van der Waals surface area contributed by atoms with Crippen LogP contribution < -0.4 is 0 Å². The highest BCUT2D eigenvalue weighted by molar-refractivity contribution is 6.30. The van der Waals surface area contributed by atoms with Gasteiger partial charge < -0.3 is 10.2 Å². The van der Waals surface area contributed by atoms with Crippen LogP contribution in [0.15, 0.2) is 24.3 Å². The van der Waals surface area contributed by atoms with Gasteiger partial charge in [0.2, 0.25) is 6.23 Å². The summed E-state index contributed by atoms with van der Waals surface area (Å²) in [5, 5.41) is 18.5. The number of carboxylic acids is 1. The molecule has 0 aliphatic carbocycles. The molecular weight excluding hydrogens is 287 g/mol. The highest BCUT2D eigenvalue weighted by Crippen LogP contribution is 2.29. The molecule has 106 valence electrons. The lowest BCUT2D eigenvalue weighted by Gasteiger charge is -2.30. The van der Waals surface area contributed by atoms with Crippen LogP contribution in [-0.2, 0) is 4.79 Å². The minimum absolute atomic E-state index is 0.0858. The summed E-state index contributed by atoms with van der Waals surface area (Å²) in [5.41, 5.74) is 0.0858. The van der Waals surface area contributed by atoms with Crippen molar-refractivity contribution in [2.24, 2.45) is 0 Å². The zero-order valence-corrected chi connectivity index (χ0v) is 10.5. The van der Waals surface area contributed by atoms with Crippen molar-refractivity contribution in [1.29, 1.82) is 0 Å². The Morgan fingerprint density at radius 2 is 1.79 bits per heavy atom. The predicted molar refractivity (Wildman–Crippen MR) is 61.7 cm³/mol. The van der Waals surface area contributed by atoms with E-state index < -0.39 is 24.4 Å². The average Bonchev–Trinajstić information content (AvgIpc) is 2.29. The van der Waals surface area contributed by atoms with Gasteiger partial charge in [-0.3, -0.25) is 9.69 Å². The molecule has 0 amide bonds. The lowest BCUT2D eigenvalue weighted by Crippen LogP contribution is -2.47. The molecule has 0 spiro atoms. The SMILES string of the molecule is CN(C(C(=O)O)c1ccc(Cl)cc1)C(O)C(F)(F)F. The molecule has 8 heteroatoms. The van der Waals surface area contributed by atoms with Crippen LogP contribution in [-0.4, -0.2) is 40.5 Å². The fourth-order valence-corrected chi connectivity index (χ4v) is 1.70. The fourth-order valence-electron chi connectivity index (χ4n) is 1.57. The highest BCUT2D eigenvalue weighted by Gasteiger charge is 2.45. The molecule has 0 saturated heterocycles. The Kier molecular flexibility index (Phi) is 4.78. The van der Waals surface area contributed by atoms with Crippen LogP contribution in [0, 0.1) is 0 Å². The molecule has 19 heavy (non-hydrogen) atoms. The van der Waals surface area contributed by atoms with Gasteiger partial charge in [0.05, 0.1) is 0 Å². The number of hydrogen-bond donors (Lipinski definition) is 2. The van der Waals surface area contributed by atoms with Crippen LogP contribution in [0.25, 0.3) is 0 Å². The second-order valence-corrected chi connectivity index (χ2v) is 4.31. The van der Waals surface area contributed by atoms with Crippen LogP contribution in [0.3, 0.4) is 0 Å². The van der Waals surface area contributed by atoms with Crippen molar-refractivity contribution in [3.05, 3.63) is 34.9 Å². The summed E-state index contributed by atoms with van der Waals surface area (Å²) in [4.78, 5) is 11.4. The van der Waals surface area contributed by atoms with Crippen molar-refractivity contribution in [3.8, 4) is 0 Å². The number of aliphatic carboxylic acids is 1. The molecule has 0 aromatic heterocycles. The van der Waals surface area contributed by atoms with E-state index >= 15 is 0 Å². The molecule has 0 radical (unpaired) electrons. The van der Waals surface area contributed by atoms with Gasteiger partial charge >= 0.3 is 12.1 Å². The number of aliphatic hydroxyl groups is 1. The molecule has 2 N–H and O–H groups in total. The summed E-state index contributed by atoms with van der Waals surface area (Å²) in [6.45, 7) is 0. The predicted octanol–water partition coefficient (Wildman–Crippen LogP) is 2.28. The molecule has 1 aromatic carbocycles. The molecule has 1 rings (SSSR count). The summed E-state index contributed by atoms with van der Waals surface area (Å²) < 4.78 is 37.2. The zero-order valence-electron chi connectivity index (χ0n) is 9.73. The zero-order chi connectivity index (χ0) is 14.8. The largest absolute Gasteiger partial charge is 0.480 e. The Labute approximate surface area is 112 Å². The number of carboxylic acid groups (broad SMARTS) is 1. The fraction of sp³-hybridized carbons (Fsp3) is 0.364. The molecule has 4 nitrogen and oxygen atoms in total. The van der Waals surface area contributed by atoms with Crippen molar-refractivity contribution in [2.75, 3.05) is 7.05 Å². The number of aliphatic hydroxyl groups excluding tert-OH is 1. The number of carbonyl (C=O) groups is 1. The first kappa shape index (κ1) is 15.7. The quantitative estimate of drug-likeness (QED) is 0.837. The first-order valence-electron chi connectivity index (χ1n) is 5.09. The van der Waals surface area contributed by atoms with Gasteiger partial charge in [0, 0.05) is 5.02 Å². The minimum atomic E-state index is -4.94. The van der Waals surface area contributed by atoms with E-state index in [2.05, 4.69) is 0 Å². The van der Waals surface area contributed by atoms with Crippen LogP contribution in [0.4, 0.5) is 13.2 Å². The van der Waals surface area contributed by atoms with Gasteiger partial charge in [-0.05, 0) is 24.7 Å². The van der Waals surface area contributed by atoms with Crippen molar-refractivity contribution < 1.29 is 28.2 Å². The maximum atomic E-state index is 12.4. The Balaban J connectivity index is 3.08. The highest BCUT2D eigenvalue weighted by atomic mass is 35.5. The third kappa shape index (κ3) is 3.82. The monoisotopic (exact) mass is 297 g/mol. The van der Waals surface area contributed by atoms with E-state index in [9.17, 15) is 18.0 Å². The third-order valence-corrected chi connectivity index (χ3v) is 2.76. The topological polar surface area (TPSA) is 60.8 Å². The Bertz CT molecular complexity index is 449. The molecular formula is C11H11ClF3NO3. The van der Waals surface area contributed by atoms with Gasteiger partial charge in [0.25, 0.3) is 0 Å². The molecule has 1 aromatic rings. The molecule has 2 atom stereocenters. The van der Waals surface area contributed by atoms with Gasteiger partial charge in [-0.15, -0.1) is 0 Å². The summed E-state index contributed by atoms with van der Waals surface area (Å²) in [5.74, 6) is -1.51. The van der Waals surface area contributed by atoms with E-state index in [-0.39, 0.29) is 5.56 Å². The minimum Gasteiger partial charge on any atom is -0.480 e. The van der Waals surface area contributed by atoms with Gasteiger partial charge in [-0.2, -0.15) is 13.2 Å². The normalized spacial score (nSPS) is 15.3. The molecule has 0 aliphatic rings. The number of nitrogens with zero attached hydrogens (tertiary/aromatic N) is 1.